The zero-order valence-electron chi connectivity index (χ0n) is 12.8. The highest BCUT2D eigenvalue weighted by molar-refractivity contribution is 7.99. The van der Waals surface area contributed by atoms with Crippen LogP contribution in [0.1, 0.15) is 12.2 Å². The molecule has 2 amide bonds. The van der Waals surface area contributed by atoms with Crippen molar-refractivity contribution in [2.24, 2.45) is 12.8 Å². The molecule has 0 saturated heterocycles. The van der Waals surface area contributed by atoms with Crippen LogP contribution in [0.4, 0.5) is 5.69 Å². The Bertz CT molecular complexity index is 745. The average molecular weight is 388 g/mol. The lowest BCUT2D eigenvalue weighted by atomic mass is 10.3. The first kappa shape index (κ1) is 18.6. The second-order valence-electron chi connectivity index (χ2n) is 4.86. The minimum absolute atomic E-state index is 0.114. The van der Waals surface area contributed by atoms with Crippen molar-refractivity contribution < 1.29 is 9.59 Å². The smallest absolute Gasteiger partial charge is 0.234 e. The zero-order chi connectivity index (χ0) is 17.7. The van der Waals surface area contributed by atoms with Crippen LogP contribution in [0.15, 0.2) is 23.4 Å². The number of amides is 2. The zero-order valence-corrected chi connectivity index (χ0v) is 15.1. The predicted molar refractivity (Wildman–Crippen MR) is 94.3 cm³/mol. The van der Waals surface area contributed by atoms with E-state index in [0.29, 0.717) is 33.1 Å². The number of halogens is 2. The molecule has 0 bridgehead atoms. The number of hydrogen-bond donors (Lipinski definition) is 2. The molecule has 0 atom stereocenters. The summed E-state index contributed by atoms with van der Waals surface area (Å²) in [6.07, 6.45) is 0.600. The number of rotatable bonds is 7. The minimum Gasteiger partial charge on any atom is -0.370 e. The third kappa shape index (κ3) is 4.86. The van der Waals surface area contributed by atoms with E-state index in [-0.39, 0.29) is 18.1 Å². The van der Waals surface area contributed by atoms with Crippen molar-refractivity contribution in [3.05, 3.63) is 34.1 Å². The summed E-state index contributed by atoms with van der Waals surface area (Å²) in [6, 6.07) is 4.98. The summed E-state index contributed by atoms with van der Waals surface area (Å²) in [5, 5.41) is 12.0. The number of aromatic nitrogens is 3. The van der Waals surface area contributed by atoms with Crippen LogP contribution in [-0.4, -0.2) is 32.3 Å². The average Bonchev–Trinajstić information content (AvgIpc) is 2.87. The molecule has 1 aromatic carbocycles. The SMILES string of the molecule is Cn1c(CCC(N)=O)nnc1SCC(=O)Nc1c(Cl)cccc1Cl. The van der Waals surface area contributed by atoms with Gasteiger partial charge in [-0.3, -0.25) is 9.59 Å². The Morgan fingerprint density at radius 2 is 1.96 bits per heavy atom. The molecule has 10 heteroatoms. The number of nitrogens with one attached hydrogen (secondary N) is 1. The third-order valence-electron chi connectivity index (χ3n) is 3.08. The Morgan fingerprint density at radius 1 is 1.29 bits per heavy atom. The van der Waals surface area contributed by atoms with Crippen LogP contribution < -0.4 is 11.1 Å². The van der Waals surface area contributed by atoms with Gasteiger partial charge in [0.2, 0.25) is 11.8 Å². The van der Waals surface area contributed by atoms with Crippen LogP contribution in [0.5, 0.6) is 0 Å². The quantitative estimate of drug-likeness (QED) is 0.709. The lowest BCUT2D eigenvalue weighted by Crippen LogP contribution is -2.15. The van der Waals surface area contributed by atoms with Gasteiger partial charge in [-0.2, -0.15) is 0 Å². The number of carbonyl (C=O) groups excluding carboxylic acids is 2. The monoisotopic (exact) mass is 387 g/mol. The second-order valence-corrected chi connectivity index (χ2v) is 6.61. The van der Waals surface area contributed by atoms with Gasteiger partial charge in [0.25, 0.3) is 0 Å². The molecule has 0 aliphatic carbocycles. The van der Waals surface area contributed by atoms with Gasteiger partial charge in [0.1, 0.15) is 5.82 Å². The summed E-state index contributed by atoms with van der Waals surface area (Å²) in [5.41, 5.74) is 5.50. The maximum Gasteiger partial charge on any atom is 0.234 e. The molecule has 1 aromatic heterocycles. The largest absolute Gasteiger partial charge is 0.370 e. The molecule has 2 rings (SSSR count). The summed E-state index contributed by atoms with van der Waals surface area (Å²) in [4.78, 5) is 22.9. The van der Waals surface area contributed by atoms with Crippen molar-refractivity contribution >= 4 is 52.5 Å². The molecule has 0 saturated carbocycles. The molecule has 0 unspecified atom stereocenters. The summed E-state index contributed by atoms with van der Waals surface area (Å²) in [7, 11) is 1.77. The van der Waals surface area contributed by atoms with E-state index in [2.05, 4.69) is 15.5 Å². The van der Waals surface area contributed by atoms with Crippen molar-refractivity contribution in [1.82, 2.24) is 14.8 Å². The summed E-state index contributed by atoms with van der Waals surface area (Å²) in [6.45, 7) is 0. The summed E-state index contributed by atoms with van der Waals surface area (Å²) >= 11 is 13.2. The van der Waals surface area contributed by atoms with Crippen molar-refractivity contribution in [3.63, 3.8) is 0 Å². The van der Waals surface area contributed by atoms with E-state index in [1.165, 1.54) is 11.8 Å². The minimum atomic E-state index is -0.400. The predicted octanol–water partition coefficient (Wildman–Crippen LogP) is 2.27. The van der Waals surface area contributed by atoms with Crippen LogP contribution in [0.2, 0.25) is 10.0 Å². The molecule has 24 heavy (non-hydrogen) atoms. The standard InChI is InChI=1S/C14H15Cl2N5O2S/c1-21-11(6-5-10(17)22)19-20-14(21)24-7-12(23)18-13-8(15)3-2-4-9(13)16/h2-4H,5-7H2,1H3,(H2,17,22)(H,18,23). The lowest BCUT2D eigenvalue weighted by molar-refractivity contribution is -0.118. The first-order chi connectivity index (χ1) is 11.4. The lowest BCUT2D eigenvalue weighted by Gasteiger charge is -2.08. The van der Waals surface area contributed by atoms with Crippen LogP contribution in [0.3, 0.4) is 0 Å². The number of para-hydroxylation sites is 1. The molecule has 3 N–H and O–H groups in total. The Hall–Kier alpha value is -1.77. The van der Waals surface area contributed by atoms with Crippen molar-refractivity contribution in [2.45, 2.75) is 18.0 Å². The molecular weight excluding hydrogens is 373 g/mol. The molecule has 0 aliphatic heterocycles. The van der Waals surface area contributed by atoms with Crippen molar-refractivity contribution in [3.8, 4) is 0 Å². The maximum absolute atomic E-state index is 12.1. The van der Waals surface area contributed by atoms with E-state index >= 15 is 0 Å². The van der Waals surface area contributed by atoms with E-state index in [9.17, 15) is 9.59 Å². The number of aryl methyl sites for hydroxylation is 1. The van der Waals surface area contributed by atoms with Crippen molar-refractivity contribution in [2.75, 3.05) is 11.1 Å². The van der Waals surface area contributed by atoms with Gasteiger partial charge in [-0.1, -0.05) is 41.0 Å². The van der Waals surface area contributed by atoms with E-state index in [0.717, 1.165) is 0 Å². The van der Waals surface area contributed by atoms with Crippen molar-refractivity contribution in [1.29, 1.82) is 0 Å². The molecule has 0 aliphatic rings. The first-order valence-corrected chi connectivity index (χ1v) is 8.66. The second kappa shape index (κ2) is 8.36. The van der Waals surface area contributed by atoms with E-state index in [1.807, 2.05) is 0 Å². The van der Waals surface area contributed by atoms with Gasteiger partial charge in [0.15, 0.2) is 5.16 Å². The number of hydrogen-bond acceptors (Lipinski definition) is 5. The van der Waals surface area contributed by atoms with Crippen LogP contribution in [0.25, 0.3) is 0 Å². The van der Waals surface area contributed by atoms with Crippen LogP contribution in [-0.2, 0) is 23.1 Å². The highest BCUT2D eigenvalue weighted by Crippen LogP contribution is 2.30. The first-order valence-electron chi connectivity index (χ1n) is 6.91. The van der Waals surface area contributed by atoms with Gasteiger partial charge in [-0.05, 0) is 12.1 Å². The molecule has 128 valence electrons. The third-order valence-corrected chi connectivity index (χ3v) is 4.73. The molecule has 7 nitrogen and oxygen atoms in total. The molecule has 0 fully saturated rings. The number of benzene rings is 1. The number of thioether (sulfide) groups is 1. The maximum atomic E-state index is 12.1. The Labute approximate surface area is 152 Å². The van der Waals surface area contributed by atoms with Gasteiger partial charge in [-0.15, -0.1) is 10.2 Å². The molecule has 0 spiro atoms. The fraction of sp³-hybridized carbons (Fsp3) is 0.286. The van der Waals surface area contributed by atoms with Gasteiger partial charge in [0, 0.05) is 19.9 Å². The number of carbonyl (C=O) groups is 2. The topological polar surface area (TPSA) is 103 Å². The molecular formula is C14H15Cl2N5O2S. The number of nitrogens with zero attached hydrogens (tertiary/aromatic N) is 3. The highest BCUT2D eigenvalue weighted by Gasteiger charge is 2.14. The fourth-order valence-electron chi connectivity index (χ4n) is 1.85. The molecule has 1 heterocycles. The Kier molecular flexibility index (Phi) is 6.47. The van der Waals surface area contributed by atoms with Gasteiger partial charge in [0.05, 0.1) is 21.5 Å². The Morgan fingerprint density at radius 3 is 2.58 bits per heavy atom. The summed E-state index contributed by atoms with van der Waals surface area (Å²) < 4.78 is 1.73. The molecule has 2 aromatic rings. The summed E-state index contributed by atoms with van der Waals surface area (Å²) in [5.74, 6) is 0.0781. The van der Waals surface area contributed by atoms with Crippen LogP contribution >= 0.6 is 35.0 Å². The number of primary amides is 1. The highest BCUT2D eigenvalue weighted by atomic mass is 35.5. The molecule has 0 radical (unpaired) electrons. The van der Waals surface area contributed by atoms with Gasteiger partial charge < -0.3 is 15.6 Å². The normalized spacial score (nSPS) is 10.6. The number of anilines is 1. The Balaban J connectivity index is 1.93. The van der Waals surface area contributed by atoms with Crippen LogP contribution in [0, 0.1) is 0 Å². The van der Waals surface area contributed by atoms with E-state index < -0.39 is 5.91 Å². The van der Waals surface area contributed by atoms with E-state index in [1.54, 1.807) is 29.8 Å². The van der Waals surface area contributed by atoms with Gasteiger partial charge >= 0.3 is 0 Å². The fourth-order valence-corrected chi connectivity index (χ4v) is 3.07. The van der Waals surface area contributed by atoms with E-state index in [4.69, 9.17) is 28.9 Å². The van der Waals surface area contributed by atoms with Gasteiger partial charge in [-0.25, -0.2) is 0 Å². The number of nitrogens with two attached hydrogens (primary N) is 1.